The van der Waals surface area contributed by atoms with E-state index < -0.39 is 0 Å². The van der Waals surface area contributed by atoms with Crippen LogP contribution in [0.25, 0.3) is 99.2 Å². The number of rotatable bonds is 10. The molecule has 0 N–H and O–H groups in total. The minimum Gasteiger partial charge on any atom is -0.455 e. The van der Waals surface area contributed by atoms with Crippen molar-refractivity contribution in [1.29, 1.82) is 0 Å². The third-order valence-electron chi connectivity index (χ3n) is 15.3. The summed E-state index contributed by atoms with van der Waals surface area (Å²) < 4.78 is 12.1. The lowest BCUT2D eigenvalue weighted by molar-refractivity contribution is 0.677. The number of hydrogen-bond donors (Lipinski definition) is 0. The zero-order valence-corrected chi connectivity index (χ0v) is 41.9. The molecule has 0 atom stereocenters. The Morgan fingerprint density at radius 2 is 0.519 bits per heavy atom. The molecule has 0 aliphatic heterocycles. The third-order valence-corrected chi connectivity index (χ3v) is 15.3. The maximum absolute atomic E-state index is 7.32. The molecule has 0 saturated heterocycles. The van der Waals surface area contributed by atoms with Gasteiger partial charge in [-0.2, -0.15) is 0 Å². The summed E-state index contributed by atoms with van der Waals surface area (Å²) in [6.07, 6.45) is 0. The molecule has 0 radical (unpaired) electrons. The van der Waals surface area contributed by atoms with Crippen LogP contribution in [0.3, 0.4) is 0 Å². The van der Waals surface area contributed by atoms with Crippen LogP contribution in [0, 0.1) is 0 Å². The van der Waals surface area contributed by atoms with E-state index in [1.165, 1.54) is 22.3 Å². The summed E-state index contributed by atoms with van der Waals surface area (Å²) in [5, 5.41) is 6.71. The SMILES string of the molecule is c1ccc(-c2ccc(N(c3ccccc3)c3ccc(-n4c5ccccc5c5c6oc7c(ccc8c7c7ccccc7n8-c7ccc(N(c8ccccc8)c8ccc(-c9ccccc9)cc8)cc7)c6ccc54)cc3)cc2)cc1. The van der Waals surface area contributed by atoms with E-state index in [9.17, 15) is 0 Å². The Bertz CT molecular complexity index is 4320. The van der Waals surface area contributed by atoms with Crippen molar-refractivity contribution in [3.8, 4) is 33.6 Å². The summed E-state index contributed by atoms with van der Waals surface area (Å²) >= 11 is 0. The average molecular weight is 985 g/mol. The molecule has 0 amide bonds. The number of anilines is 6. The highest BCUT2D eigenvalue weighted by atomic mass is 16.3. The average Bonchev–Trinajstić information content (AvgIpc) is 4.39. The Hall–Kier alpha value is -10.4. The van der Waals surface area contributed by atoms with Gasteiger partial charge >= 0.3 is 0 Å². The number of nitrogens with zero attached hydrogens (tertiary/aromatic N) is 4. The van der Waals surface area contributed by atoms with Gasteiger partial charge in [0.05, 0.1) is 32.8 Å². The molecule has 0 saturated carbocycles. The van der Waals surface area contributed by atoms with Crippen molar-refractivity contribution in [3.63, 3.8) is 0 Å². The topological polar surface area (TPSA) is 29.5 Å². The Balaban J connectivity index is 0.826. The van der Waals surface area contributed by atoms with Crippen LogP contribution in [0.1, 0.15) is 0 Å². The molecule has 3 aromatic heterocycles. The van der Waals surface area contributed by atoms with Crippen molar-refractivity contribution < 1.29 is 4.42 Å². The first-order valence-electron chi connectivity index (χ1n) is 26.2. The van der Waals surface area contributed by atoms with Gasteiger partial charge in [0.1, 0.15) is 11.2 Å². The standard InChI is InChI=1S/C72H48N4O/c1-5-17-49(18-6-1)51-29-33-55(34-30-51)73(53-21-9-3-10-22-53)57-37-41-59(42-38-57)75-65-27-15-13-25-63(65)69-67(75)47-45-61-62-46-48-68-70(72(62)77-71(61)69)64-26-14-16-28-66(64)76(68)60-43-39-58(40-44-60)74(54-23-11-4-12-24-54)56-35-31-52(32-36-56)50-19-7-2-8-20-50/h1-48H. The van der Waals surface area contributed by atoms with E-state index in [4.69, 9.17) is 4.42 Å². The van der Waals surface area contributed by atoms with Crippen molar-refractivity contribution in [1.82, 2.24) is 9.13 Å². The third kappa shape index (κ3) is 7.39. The quantitative estimate of drug-likeness (QED) is 0.137. The molecule has 15 aromatic rings. The molecule has 0 aliphatic carbocycles. The summed E-state index contributed by atoms with van der Waals surface area (Å²) in [5.74, 6) is 0. The minimum absolute atomic E-state index is 0.893. The molecule has 0 fully saturated rings. The number of aromatic nitrogens is 2. The predicted octanol–water partition coefficient (Wildman–Crippen LogP) is 20.1. The normalized spacial score (nSPS) is 11.6. The monoisotopic (exact) mass is 984 g/mol. The molecular weight excluding hydrogens is 937 g/mol. The van der Waals surface area contributed by atoms with Crippen molar-refractivity contribution in [3.05, 3.63) is 291 Å². The second-order valence-corrected chi connectivity index (χ2v) is 19.7. The van der Waals surface area contributed by atoms with Crippen molar-refractivity contribution in [2.45, 2.75) is 0 Å². The van der Waals surface area contributed by atoms with Crippen LogP contribution in [-0.4, -0.2) is 9.13 Å². The lowest BCUT2D eigenvalue weighted by Gasteiger charge is -2.26. The molecule has 3 heterocycles. The molecular formula is C72H48N4O. The Morgan fingerprint density at radius 1 is 0.221 bits per heavy atom. The molecule has 0 unspecified atom stereocenters. The van der Waals surface area contributed by atoms with Crippen LogP contribution in [0.5, 0.6) is 0 Å². The van der Waals surface area contributed by atoms with Crippen LogP contribution >= 0.6 is 0 Å². The molecule has 5 nitrogen and oxygen atoms in total. The summed E-state index contributed by atoms with van der Waals surface area (Å²) in [7, 11) is 0. The maximum Gasteiger partial charge on any atom is 0.145 e. The van der Waals surface area contributed by atoms with Crippen molar-refractivity contribution in [2.24, 2.45) is 0 Å². The summed E-state index contributed by atoms with van der Waals surface area (Å²) in [5.41, 5.74) is 19.7. The van der Waals surface area contributed by atoms with Gasteiger partial charge in [-0.15, -0.1) is 0 Å². The van der Waals surface area contributed by atoms with Crippen molar-refractivity contribution in [2.75, 3.05) is 9.80 Å². The van der Waals surface area contributed by atoms with E-state index in [0.29, 0.717) is 0 Å². The lowest BCUT2D eigenvalue weighted by atomic mass is 10.0. The van der Waals surface area contributed by atoms with E-state index in [-0.39, 0.29) is 0 Å². The van der Waals surface area contributed by atoms with Crippen molar-refractivity contribution >= 4 is 99.7 Å². The highest BCUT2D eigenvalue weighted by Gasteiger charge is 2.23. The lowest BCUT2D eigenvalue weighted by Crippen LogP contribution is -2.10. The Kier molecular flexibility index (Phi) is 10.5. The number of benzene rings is 12. The first-order chi connectivity index (χ1) is 38.2. The molecule has 0 bridgehead atoms. The van der Waals surface area contributed by atoms with E-state index in [0.717, 1.165) is 111 Å². The van der Waals surface area contributed by atoms with E-state index in [2.05, 4.69) is 310 Å². The first-order valence-corrected chi connectivity index (χ1v) is 26.2. The molecule has 12 aromatic carbocycles. The Morgan fingerprint density at radius 3 is 0.896 bits per heavy atom. The van der Waals surface area contributed by atoms with Gasteiger partial charge in [0.15, 0.2) is 0 Å². The zero-order valence-electron chi connectivity index (χ0n) is 41.9. The molecule has 77 heavy (non-hydrogen) atoms. The number of furan rings is 1. The minimum atomic E-state index is 0.893. The van der Waals surface area contributed by atoms with Gasteiger partial charge in [-0.05, 0) is 156 Å². The van der Waals surface area contributed by atoms with Crippen LogP contribution < -0.4 is 9.80 Å². The molecule has 5 heteroatoms. The number of para-hydroxylation sites is 4. The summed E-state index contributed by atoms with van der Waals surface area (Å²) in [4.78, 5) is 4.64. The fourth-order valence-corrected chi connectivity index (χ4v) is 11.8. The predicted molar refractivity (Wildman–Crippen MR) is 323 cm³/mol. The van der Waals surface area contributed by atoms with Crippen LogP contribution in [0.4, 0.5) is 34.1 Å². The molecule has 15 rings (SSSR count). The second-order valence-electron chi connectivity index (χ2n) is 19.7. The van der Waals surface area contributed by atoms with Gasteiger partial charge in [-0.3, -0.25) is 0 Å². The summed E-state index contributed by atoms with van der Waals surface area (Å²) in [6, 6.07) is 104. The number of fused-ring (bicyclic) bond motifs is 11. The maximum atomic E-state index is 7.32. The van der Waals surface area contributed by atoms with Crippen LogP contribution in [0.15, 0.2) is 296 Å². The number of hydrogen-bond acceptors (Lipinski definition) is 3. The summed E-state index contributed by atoms with van der Waals surface area (Å²) in [6.45, 7) is 0. The van der Waals surface area contributed by atoms with Gasteiger partial charge in [0.25, 0.3) is 0 Å². The molecule has 0 aliphatic rings. The van der Waals surface area contributed by atoms with E-state index in [1.807, 2.05) is 0 Å². The molecule has 362 valence electrons. The fraction of sp³-hybridized carbons (Fsp3) is 0. The largest absolute Gasteiger partial charge is 0.455 e. The van der Waals surface area contributed by atoms with E-state index in [1.54, 1.807) is 0 Å². The van der Waals surface area contributed by atoms with Gasteiger partial charge in [0, 0.05) is 67.0 Å². The smallest absolute Gasteiger partial charge is 0.145 e. The zero-order chi connectivity index (χ0) is 50.8. The Labute approximate surface area is 445 Å². The van der Waals surface area contributed by atoms with Gasteiger partial charge in [-0.1, -0.05) is 158 Å². The van der Waals surface area contributed by atoms with Crippen LogP contribution in [-0.2, 0) is 0 Å². The van der Waals surface area contributed by atoms with Crippen LogP contribution in [0.2, 0.25) is 0 Å². The van der Waals surface area contributed by atoms with Gasteiger partial charge < -0.3 is 23.4 Å². The van der Waals surface area contributed by atoms with Gasteiger partial charge in [0.2, 0.25) is 0 Å². The first kappa shape index (κ1) is 44.2. The van der Waals surface area contributed by atoms with Gasteiger partial charge in [-0.25, -0.2) is 0 Å². The molecule has 0 spiro atoms. The fourth-order valence-electron chi connectivity index (χ4n) is 11.8. The highest BCUT2D eigenvalue weighted by molar-refractivity contribution is 6.29. The van der Waals surface area contributed by atoms with E-state index >= 15 is 0 Å². The second kappa shape index (κ2) is 18.2. The highest BCUT2D eigenvalue weighted by Crippen LogP contribution is 2.46.